The van der Waals surface area contributed by atoms with Crippen LogP contribution in [0, 0.1) is 5.82 Å². The smallest absolute Gasteiger partial charge is 0.356 e. The van der Waals surface area contributed by atoms with Crippen LogP contribution in [0.5, 0.6) is 5.75 Å². The van der Waals surface area contributed by atoms with Gasteiger partial charge < -0.3 is 25.3 Å². The summed E-state index contributed by atoms with van der Waals surface area (Å²) in [7, 11) is 1.71. The number of amides is 2. The molecule has 192 valence electrons. The molecule has 2 amide bonds. The van der Waals surface area contributed by atoms with Gasteiger partial charge >= 0.3 is 12.0 Å². The zero-order valence-electron chi connectivity index (χ0n) is 20.0. The Morgan fingerprint density at radius 1 is 1.03 bits per heavy atom. The fourth-order valence-corrected chi connectivity index (χ4v) is 5.00. The number of rotatable bonds is 5. The molecule has 11 heteroatoms. The summed E-state index contributed by atoms with van der Waals surface area (Å²) in [5.41, 5.74) is 2.06. The van der Waals surface area contributed by atoms with E-state index in [4.69, 9.17) is 11.6 Å². The minimum absolute atomic E-state index is 0.105. The molecule has 2 fully saturated rings. The zero-order chi connectivity index (χ0) is 26.3. The molecule has 0 spiro atoms. The number of carbonyl (C=O) groups excluding carboxylic acids is 1. The molecule has 0 saturated carbocycles. The predicted octanol–water partition coefficient (Wildman–Crippen LogP) is 3.89. The maximum Gasteiger partial charge on any atom is 0.356 e. The highest BCUT2D eigenvalue weighted by molar-refractivity contribution is 6.34. The normalized spacial score (nSPS) is 16.0. The van der Waals surface area contributed by atoms with Crippen molar-refractivity contribution in [3.05, 3.63) is 59.1 Å². The highest BCUT2D eigenvalue weighted by atomic mass is 35.5. The third-order valence-corrected chi connectivity index (χ3v) is 6.98. The number of phenolic OH excluding ortho intramolecular Hbond substituents is 1. The number of carboxylic acid groups (broad SMARTS) is 1. The van der Waals surface area contributed by atoms with Gasteiger partial charge in [0.2, 0.25) is 0 Å². The van der Waals surface area contributed by atoms with Crippen LogP contribution in [-0.2, 0) is 0 Å². The molecule has 1 aromatic heterocycles. The van der Waals surface area contributed by atoms with Gasteiger partial charge in [0.05, 0.1) is 16.4 Å². The van der Waals surface area contributed by atoms with Gasteiger partial charge in [-0.1, -0.05) is 17.7 Å². The largest absolute Gasteiger partial charge is 0.507 e. The number of aromatic nitrogens is 1. The van der Waals surface area contributed by atoms with Crippen molar-refractivity contribution in [2.24, 2.45) is 0 Å². The Morgan fingerprint density at radius 3 is 2.35 bits per heavy atom. The first-order chi connectivity index (χ1) is 17.7. The molecule has 2 saturated heterocycles. The van der Waals surface area contributed by atoms with Crippen LogP contribution in [0.4, 0.5) is 20.6 Å². The molecule has 2 aliphatic heterocycles. The summed E-state index contributed by atoms with van der Waals surface area (Å²) in [6.07, 6.45) is 1.32. The first kappa shape index (κ1) is 24.8. The summed E-state index contributed by atoms with van der Waals surface area (Å²) < 4.78 is 14.8. The number of carboxylic acids is 1. The predicted molar refractivity (Wildman–Crippen MR) is 139 cm³/mol. The van der Waals surface area contributed by atoms with E-state index in [1.165, 1.54) is 18.3 Å². The minimum atomic E-state index is -1.17. The topological polar surface area (TPSA) is 109 Å². The number of halogens is 2. The van der Waals surface area contributed by atoms with E-state index in [2.05, 4.69) is 10.3 Å². The number of nitrogens with one attached hydrogen (secondary N) is 1. The van der Waals surface area contributed by atoms with E-state index in [1.807, 2.05) is 4.90 Å². The molecule has 0 atom stereocenters. The number of likely N-dealkylation sites (N-methyl/N-ethyl adjacent to an activating group) is 1. The van der Waals surface area contributed by atoms with Gasteiger partial charge in [-0.05, 0) is 35.9 Å². The molecule has 2 aliphatic rings. The van der Waals surface area contributed by atoms with Crippen LogP contribution in [-0.4, -0.2) is 78.4 Å². The summed E-state index contributed by atoms with van der Waals surface area (Å²) in [4.78, 5) is 33.4. The molecule has 0 radical (unpaired) electrons. The molecule has 5 rings (SSSR count). The number of carbonyl (C=O) groups is 2. The maximum absolute atomic E-state index is 14.8. The first-order valence-corrected chi connectivity index (χ1v) is 12.2. The lowest BCUT2D eigenvalue weighted by Gasteiger charge is -2.30. The van der Waals surface area contributed by atoms with Gasteiger partial charge in [0.1, 0.15) is 11.6 Å². The summed E-state index contributed by atoms with van der Waals surface area (Å²) in [6, 6.07) is 8.77. The number of hydrogen-bond donors (Lipinski definition) is 3. The maximum atomic E-state index is 14.8. The second-order valence-electron chi connectivity index (χ2n) is 9.01. The van der Waals surface area contributed by atoms with Crippen molar-refractivity contribution >= 4 is 35.0 Å². The fraction of sp³-hybridized carbons (Fsp3) is 0.269. The van der Waals surface area contributed by atoms with E-state index in [0.29, 0.717) is 66.8 Å². The number of piperazine rings is 1. The molecule has 3 heterocycles. The number of phenols is 1. The van der Waals surface area contributed by atoms with Crippen molar-refractivity contribution in [2.45, 2.75) is 0 Å². The Morgan fingerprint density at radius 2 is 1.73 bits per heavy atom. The van der Waals surface area contributed by atoms with Crippen molar-refractivity contribution in [3.63, 3.8) is 0 Å². The SMILES string of the molecule is CN1CCN(c2ccc(-c3cc(F)cc(-c4cnc(C(=O)O)c(N5CCNCC5)c4)c3O)cc2Cl)C1=O. The summed E-state index contributed by atoms with van der Waals surface area (Å²) in [5, 5.41) is 24.4. The van der Waals surface area contributed by atoms with E-state index in [1.54, 1.807) is 41.1 Å². The number of anilines is 2. The van der Waals surface area contributed by atoms with Gasteiger partial charge in [-0.3, -0.25) is 4.90 Å². The van der Waals surface area contributed by atoms with Crippen LogP contribution in [0.1, 0.15) is 10.5 Å². The lowest BCUT2D eigenvalue weighted by atomic mass is 9.97. The van der Waals surface area contributed by atoms with Gasteiger partial charge in [0.15, 0.2) is 5.69 Å². The highest BCUT2D eigenvalue weighted by Gasteiger charge is 2.28. The molecule has 3 aromatic rings. The van der Waals surface area contributed by atoms with Crippen LogP contribution in [0.2, 0.25) is 5.02 Å². The van der Waals surface area contributed by atoms with Crippen molar-refractivity contribution in [1.29, 1.82) is 0 Å². The Labute approximate surface area is 217 Å². The second-order valence-corrected chi connectivity index (χ2v) is 9.41. The van der Waals surface area contributed by atoms with E-state index < -0.39 is 11.8 Å². The second kappa shape index (κ2) is 9.87. The van der Waals surface area contributed by atoms with Crippen molar-refractivity contribution in [1.82, 2.24) is 15.2 Å². The summed E-state index contributed by atoms with van der Waals surface area (Å²) >= 11 is 6.51. The Hall–Kier alpha value is -3.89. The average Bonchev–Trinajstić information content (AvgIpc) is 3.23. The zero-order valence-corrected chi connectivity index (χ0v) is 20.8. The third-order valence-electron chi connectivity index (χ3n) is 6.68. The lowest BCUT2D eigenvalue weighted by molar-refractivity contribution is 0.0691. The van der Waals surface area contributed by atoms with Gasteiger partial charge in [-0.25, -0.2) is 19.0 Å². The molecule has 0 bridgehead atoms. The third kappa shape index (κ3) is 4.65. The summed E-state index contributed by atoms with van der Waals surface area (Å²) in [5.74, 6) is -1.95. The van der Waals surface area contributed by atoms with E-state index in [9.17, 15) is 24.2 Å². The fourth-order valence-electron chi connectivity index (χ4n) is 4.72. The number of nitrogens with zero attached hydrogens (tertiary/aromatic N) is 4. The molecular weight excluding hydrogens is 501 g/mol. The Balaban J connectivity index is 1.55. The van der Waals surface area contributed by atoms with Crippen LogP contribution < -0.4 is 15.1 Å². The number of pyridine rings is 1. The van der Waals surface area contributed by atoms with E-state index >= 15 is 0 Å². The van der Waals surface area contributed by atoms with Gasteiger partial charge in [0, 0.05) is 69.2 Å². The Bertz CT molecular complexity index is 1400. The number of benzene rings is 2. The lowest BCUT2D eigenvalue weighted by Crippen LogP contribution is -2.44. The van der Waals surface area contributed by atoms with Crippen LogP contribution >= 0.6 is 11.6 Å². The van der Waals surface area contributed by atoms with E-state index in [0.717, 1.165) is 0 Å². The number of aromatic hydroxyl groups is 1. The highest BCUT2D eigenvalue weighted by Crippen LogP contribution is 2.42. The number of aromatic carboxylic acids is 1. The monoisotopic (exact) mass is 525 g/mol. The molecule has 0 aliphatic carbocycles. The molecular formula is C26H25ClFN5O4. The molecule has 2 aromatic carbocycles. The average molecular weight is 526 g/mol. The molecule has 0 unspecified atom stereocenters. The Kier molecular flexibility index (Phi) is 6.61. The van der Waals surface area contributed by atoms with Gasteiger partial charge in [-0.2, -0.15) is 0 Å². The van der Waals surface area contributed by atoms with Crippen LogP contribution in [0.3, 0.4) is 0 Å². The molecule has 37 heavy (non-hydrogen) atoms. The van der Waals surface area contributed by atoms with Gasteiger partial charge in [-0.15, -0.1) is 0 Å². The van der Waals surface area contributed by atoms with E-state index in [-0.39, 0.29) is 28.6 Å². The molecule has 9 nitrogen and oxygen atoms in total. The van der Waals surface area contributed by atoms with Gasteiger partial charge in [0.25, 0.3) is 0 Å². The summed E-state index contributed by atoms with van der Waals surface area (Å²) in [6.45, 7) is 3.63. The van der Waals surface area contributed by atoms with Crippen LogP contribution in [0.15, 0.2) is 42.6 Å². The number of urea groups is 1. The standard InChI is InChI=1S/C26H25ClFN5O4/c1-31-8-9-33(26(31)37)21-3-2-15(10-20(21)27)18-12-17(28)13-19(24(18)34)16-11-22(23(25(35)36)30-14-16)32-6-4-29-5-7-32/h2-3,10-14,29,34H,4-9H2,1H3,(H,35,36). The molecule has 3 N–H and O–H groups in total. The minimum Gasteiger partial charge on any atom is -0.507 e. The van der Waals surface area contributed by atoms with Crippen molar-refractivity contribution < 1.29 is 24.2 Å². The van der Waals surface area contributed by atoms with Crippen LogP contribution in [0.25, 0.3) is 22.3 Å². The first-order valence-electron chi connectivity index (χ1n) is 11.8. The van der Waals surface area contributed by atoms with Crippen molar-refractivity contribution in [3.8, 4) is 28.0 Å². The number of hydrogen-bond acceptors (Lipinski definition) is 6. The quantitative estimate of drug-likeness (QED) is 0.463. The van der Waals surface area contributed by atoms with Crippen molar-refractivity contribution in [2.75, 3.05) is 56.1 Å².